The van der Waals surface area contributed by atoms with Crippen molar-refractivity contribution in [2.75, 3.05) is 11.5 Å². The Balaban J connectivity index is 1.67. The second-order valence-corrected chi connectivity index (χ2v) is 9.10. The minimum absolute atomic E-state index is 0.0637. The molecule has 0 spiro atoms. The summed E-state index contributed by atoms with van der Waals surface area (Å²) in [6.45, 7) is 1.79. The van der Waals surface area contributed by atoms with Gasteiger partial charge in [0.25, 0.3) is 0 Å². The molecular weight excluding hydrogens is 460 g/mol. The van der Waals surface area contributed by atoms with Gasteiger partial charge in [-0.15, -0.1) is 0 Å². The number of fused-ring (bicyclic) bond motifs is 1. The predicted octanol–water partition coefficient (Wildman–Crippen LogP) is 3.09. The Morgan fingerprint density at radius 3 is 2.14 bits per heavy atom. The molecule has 2 amide bonds. The number of phenols is 2. The number of amides is 2. The molecule has 2 aliphatic heterocycles. The second-order valence-electron chi connectivity index (χ2n) is 9.10. The average molecular weight is 487 g/mol. The summed E-state index contributed by atoms with van der Waals surface area (Å²) < 4.78 is 5.49. The third kappa shape index (κ3) is 3.79. The molecule has 2 aliphatic rings. The van der Waals surface area contributed by atoms with E-state index >= 15 is 0 Å². The summed E-state index contributed by atoms with van der Waals surface area (Å²) in [5.41, 5.74) is 0.262. The minimum Gasteiger partial charge on any atom is -0.508 e. The summed E-state index contributed by atoms with van der Waals surface area (Å²) >= 11 is 0. The number of rotatable bonds is 6. The largest absolute Gasteiger partial charge is 0.508 e. The third-order valence-corrected chi connectivity index (χ3v) is 6.98. The Labute approximate surface area is 208 Å². The van der Waals surface area contributed by atoms with E-state index in [1.807, 2.05) is 0 Å². The SMILES string of the molecule is CCOC(=O)[C@]1(Cc2ccc(O)cc2)N[C@H](c2ccc(O)cc2)[C@H]2C(=O)N(c3ccccc3)C(=O)[C@H]21. The summed E-state index contributed by atoms with van der Waals surface area (Å²) in [6.07, 6.45) is 0.0729. The van der Waals surface area contributed by atoms with Crippen LogP contribution in [0.1, 0.15) is 24.1 Å². The van der Waals surface area contributed by atoms with Crippen molar-refractivity contribution in [3.05, 3.63) is 90.0 Å². The van der Waals surface area contributed by atoms with Gasteiger partial charge in [0, 0.05) is 12.5 Å². The third-order valence-electron chi connectivity index (χ3n) is 6.98. The number of aromatic hydroxyl groups is 2. The monoisotopic (exact) mass is 486 g/mol. The Hall–Kier alpha value is -4.17. The molecule has 5 rings (SSSR count). The Kier molecular flexibility index (Phi) is 5.97. The second kappa shape index (κ2) is 9.13. The van der Waals surface area contributed by atoms with Gasteiger partial charge in [0.2, 0.25) is 11.8 Å². The number of ether oxygens (including phenoxy) is 1. The van der Waals surface area contributed by atoms with E-state index in [4.69, 9.17) is 4.74 Å². The molecule has 3 N–H and O–H groups in total. The van der Waals surface area contributed by atoms with Gasteiger partial charge in [0.05, 0.1) is 24.1 Å². The standard InChI is InChI=1S/C28H26N2O6/c1-2-36-27(35)28(16-17-8-12-20(31)13-9-17)23-22(24(29-28)18-10-14-21(32)15-11-18)25(33)30(26(23)34)19-6-4-3-5-7-19/h3-15,22-24,29,31-32H,2,16H2,1H3/t22-,23-,24+,28+/m0/s1. The molecule has 0 saturated carbocycles. The average Bonchev–Trinajstić information content (AvgIpc) is 3.35. The van der Waals surface area contributed by atoms with Gasteiger partial charge in [-0.05, 0) is 54.4 Å². The van der Waals surface area contributed by atoms with Gasteiger partial charge in [-0.2, -0.15) is 0 Å². The summed E-state index contributed by atoms with van der Waals surface area (Å²) in [4.78, 5) is 42.6. The van der Waals surface area contributed by atoms with Crippen LogP contribution in [-0.2, 0) is 25.5 Å². The normalized spacial score (nSPS) is 25.1. The van der Waals surface area contributed by atoms with Gasteiger partial charge in [-0.1, -0.05) is 42.5 Å². The summed E-state index contributed by atoms with van der Waals surface area (Å²) in [5.74, 6) is -3.26. The maximum Gasteiger partial charge on any atom is 0.327 e. The van der Waals surface area contributed by atoms with E-state index in [1.165, 1.54) is 24.3 Å². The first kappa shape index (κ1) is 23.6. The molecule has 4 atom stereocenters. The van der Waals surface area contributed by atoms with Crippen LogP contribution < -0.4 is 10.2 Å². The number of carbonyl (C=O) groups is 3. The number of para-hydroxylation sites is 1. The van der Waals surface area contributed by atoms with Crippen molar-refractivity contribution in [3.63, 3.8) is 0 Å². The lowest BCUT2D eigenvalue weighted by Crippen LogP contribution is -2.58. The molecule has 0 radical (unpaired) electrons. The number of esters is 1. The highest BCUT2D eigenvalue weighted by atomic mass is 16.5. The first-order valence-electron chi connectivity index (χ1n) is 11.8. The van der Waals surface area contributed by atoms with Crippen LogP contribution in [0, 0.1) is 11.8 Å². The van der Waals surface area contributed by atoms with Gasteiger partial charge in [0.15, 0.2) is 0 Å². The van der Waals surface area contributed by atoms with E-state index < -0.39 is 41.2 Å². The zero-order valence-corrected chi connectivity index (χ0v) is 19.6. The number of benzene rings is 3. The van der Waals surface area contributed by atoms with Crippen molar-refractivity contribution in [1.82, 2.24) is 5.32 Å². The number of imide groups is 1. The van der Waals surface area contributed by atoms with Crippen molar-refractivity contribution in [1.29, 1.82) is 0 Å². The van der Waals surface area contributed by atoms with Crippen molar-refractivity contribution in [2.45, 2.75) is 24.9 Å². The molecule has 8 nitrogen and oxygen atoms in total. The van der Waals surface area contributed by atoms with Crippen LogP contribution >= 0.6 is 0 Å². The van der Waals surface area contributed by atoms with Crippen LogP contribution in [0.5, 0.6) is 11.5 Å². The Bertz CT molecular complexity index is 1290. The van der Waals surface area contributed by atoms with E-state index in [2.05, 4.69) is 5.32 Å². The molecule has 3 aromatic rings. The van der Waals surface area contributed by atoms with E-state index in [0.717, 1.165) is 4.90 Å². The van der Waals surface area contributed by atoms with Crippen molar-refractivity contribution in [3.8, 4) is 11.5 Å². The molecule has 0 aromatic heterocycles. The molecule has 2 heterocycles. The van der Waals surface area contributed by atoms with Crippen LogP contribution in [0.15, 0.2) is 78.9 Å². The smallest absolute Gasteiger partial charge is 0.327 e. The highest BCUT2D eigenvalue weighted by Crippen LogP contribution is 2.51. The number of nitrogens with one attached hydrogen (secondary N) is 1. The fourth-order valence-electron chi connectivity index (χ4n) is 5.42. The molecule has 8 heteroatoms. The van der Waals surface area contributed by atoms with Crippen LogP contribution in [-0.4, -0.2) is 40.1 Å². The van der Waals surface area contributed by atoms with Crippen molar-refractivity contribution < 1.29 is 29.3 Å². The number of carbonyl (C=O) groups excluding carboxylic acids is 3. The lowest BCUT2D eigenvalue weighted by atomic mass is 9.76. The molecule has 0 bridgehead atoms. The van der Waals surface area contributed by atoms with Gasteiger partial charge in [0.1, 0.15) is 17.0 Å². The molecular formula is C28H26N2O6. The molecule has 184 valence electrons. The van der Waals surface area contributed by atoms with Gasteiger partial charge >= 0.3 is 5.97 Å². The summed E-state index contributed by atoms with van der Waals surface area (Å²) in [5, 5.41) is 22.9. The van der Waals surface area contributed by atoms with Gasteiger partial charge in [-0.25, -0.2) is 4.90 Å². The fraction of sp³-hybridized carbons (Fsp3) is 0.250. The maximum atomic E-state index is 14.0. The number of hydrogen-bond acceptors (Lipinski definition) is 7. The number of anilines is 1. The fourth-order valence-corrected chi connectivity index (χ4v) is 5.42. The summed E-state index contributed by atoms with van der Waals surface area (Å²) in [6, 6.07) is 20.7. The first-order valence-corrected chi connectivity index (χ1v) is 11.8. The van der Waals surface area contributed by atoms with Gasteiger partial charge in [-0.3, -0.25) is 19.7 Å². The van der Waals surface area contributed by atoms with E-state index in [-0.39, 0.29) is 24.5 Å². The molecule has 2 saturated heterocycles. The molecule has 3 aromatic carbocycles. The van der Waals surface area contributed by atoms with E-state index in [1.54, 1.807) is 61.5 Å². The van der Waals surface area contributed by atoms with Crippen LogP contribution in [0.3, 0.4) is 0 Å². The number of hydrogen-bond donors (Lipinski definition) is 3. The summed E-state index contributed by atoms with van der Waals surface area (Å²) in [7, 11) is 0. The van der Waals surface area contributed by atoms with Crippen molar-refractivity contribution >= 4 is 23.5 Å². The van der Waals surface area contributed by atoms with Gasteiger partial charge < -0.3 is 14.9 Å². The lowest BCUT2D eigenvalue weighted by Gasteiger charge is -2.33. The Morgan fingerprint density at radius 2 is 1.53 bits per heavy atom. The molecule has 36 heavy (non-hydrogen) atoms. The minimum atomic E-state index is -1.53. The number of nitrogens with zero attached hydrogens (tertiary/aromatic N) is 1. The van der Waals surface area contributed by atoms with Crippen LogP contribution in [0.4, 0.5) is 5.69 Å². The Morgan fingerprint density at radius 1 is 0.917 bits per heavy atom. The first-order chi connectivity index (χ1) is 17.4. The quantitative estimate of drug-likeness (QED) is 0.362. The molecule has 0 unspecified atom stereocenters. The zero-order chi connectivity index (χ0) is 25.4. The zero-order valence-electron chi connectivity index (χ0n) is 19.6. The van der Waals surface area contributed by atoms with Crippen molar-refractivity contribution in [2.24, 2.45) is 11.8 Å². The van der Waals surface area contributed by atoms with Crippen LogP contribution in [0.2, 0.25) is 0 Å². The molecule has 2 fully saturated rings. The molecule has 0 aliphatic carbocycles. The van der Waals surface area contributed by atoms with E-state index in [9.17, 15) is 24.6 Å². The lowest BCUT2D eigenvalue weighted by molar-refractivity contribution is -0.154. The van der Waals surface area contributed by atoms with Crippen LogP contribution in [0.25, 0.3) is 0 Å². The highest BCUT2D eigenvalue weighted by molar-refractivity contribution is 6.24. The maximum absolute atomic E-state index is 14.0. The van der Waals surface area contributed by atoms with E-state index in [0.29, 0.717) is 16.8 Å². The predicted molar refractivity (Wildman–Crippen MR) is 131 cm³/mol. The topological polar surface area (TPSA) is 116 Å². The highest BCUT2D eigenvalue weighted by Gasteiger charge is 2.69. The number of phenolic OH excluding ortho intramolecular Hbond substituents is 2.